The van der Waals surface area contributed by atoms with Crippen molar-refractivity contribution in [3.63, 3.8) is 0 Å². The summed E-state index contributed by atoms with van der Waals surface area (Å²) in [5.74, 6) is 6.83. The fourth-order valence-electron chi connectivity index (χ4n) is 5.81. The van der Waals surface area contributed by atoms with Crippen LogP contribution in [0.15, 0.2) is 108 Å². The van der Waals surface area contributed by atoms with E-state index in [4.69, 9.17) is 4.42 Å². The molecule has 0 atom stereocenters. The minimum atomic E-state index is -1.72. The summed E-state index contributed by atoms with van der Waals surface area (Å²) < 4.78 is 21.1. The number of halogens is 1. The van der Waals surface area contributed by atoms with Crippen LogP contribution < -0.4 is 4.40 Å². The fraction of sp³-hybridized carbons (Fsp3) is 0.150. The maximum atomic E-state index is 13.7. The van der Waals surface area contributed by atoms with Crippen LogP contribution in [0.5, 0.6) is 0 Å². The molecule has 7 rings (SSSR count). The van der Waals surface area contributed by atoms with Gasteiger partial charge in [-0.05, 0) is 66.9 Å². The number of rotatable bonds is 4. The predicted octanol–water partition coefficient (Wildman–Crippen LogP) is 10.3. The van der Waals surface area contributed by atoms with Crippen LogP contribution in [-0.4, -0.2) is 23.2 Å². The van der Waals surface area contributed by atoms with Gasteiger partial charge in [-0.2, -0.15) is 0 Å². The van der Waals surface area contributed by atoms with Crippen molar-refractivity contribution in [1.82, 2.24) is 9.97 Å². The van der Waals surface area contributed by atoms with Crippen molar-refractivity contribution in [3.8, 4) is 33.6 Å². The molecule has 0 aliphatic carbocycles. The molecule has 7 aromatic rings. The first kappa shape index (κ1) is 33.5. The molecule has 0 aliphatic rings. The molecule has 0 bridgehead atoms. The van der Waals surface area contributed by atoms with Gasteiger partial charge in [0.05, 0.1) is 5.58 Å². The van der Waals surface area contributed by atoms with Crippen LogP contribution in [0.3, 0.4) is 0 Å². The Morgan fingerprint density at radius 2 is 1.52 bits per heavy atom. The Kier molecular flexibility index (Phi) is 10.1. The van der Waals surface area contributed by atoms with Crippen LogP contribution in [0.1, 0.15) is 16.7 Å². The quantitative estimate of drug-likeness (QED) is 0.131. The van der Waals surface area contributed by atoms with Crippen molar-refractivity contribution < 1.29 is 28.9 Å². The molecule has 0 N–H and O–H groups in total. The monoisotopic (exact) mass is 845 g/mol. The van der Waals surface area contributed by atoms with Crippen molar-refractivity contribution in [2.24, 2.45) is 0 Å². The molecule has 0 saturated carbocycles. The van der Waals surface area contributed by atoms with E-state index >= 15 is 0 Å². The summed E-state index contributed by atoms with van der Waals surface area (Å²) in [6, 6.07) is 35.7. The van der Waals surface area contributed by atoms with Gasteiger partial charge in [0.25, 0.3) is 0 Å². The van der Waals surface area contributed by atoms with Gasteiger partial charge in [-0.3, -0.25) is 0 Å². The van der Waals surface area contributed by atoms with Crippen molar-refractivity contribution >= 4 is 39.6 Å². The summed E-state index contributed by atoms with van der Waals surface area (Å²) in [5, 5.41) is 1.82. The van der Waals surface area contributed by atoms with E-state index in [1.54, 1.807) is 6.07 Å². The number of aryl methyl sites for hydroxylation is 3. The van der Waals surface area contributed by atoms with Gasteiger partial charge in [0.1, 0.15) is 11.4 Å². The third-order valence-electron chi connectivity index (χ3n) is 7.99. The normalized spacial score (nSPS) is 11.2. The van der Waals surface area contributed by atoms with E-state index in [1.165, 1.54) is 38.8 Å². The number of aromatic nitrogens is 2. The van der Waals surface area contributed by atoms with E-state index in [0.717, 1.165) is 38.9 Å². The molecule has 0 saturated heterocycles. The van der Waals surface area contributed by atoms with Crippen molar-refractivity contribution in [1.29, 1.82) is 0 Å². The van der Waals surface area contributed by atoms with Crippen molar-refractivity contribution in [2.75, 3.05) is 0 Å². The van der Waals surface area contributed by atoms with Gasteiger partial charge in [-0.15, -0.1) is 18.2 Å². The SMILES string of the molecule is Cc1cc(C)c(-c2ccnc(-c3[c-]ccc4c3oc3cc(F)ccc34)c2)c(C)c1.[CH3][Ge]([CH3])([CH3])[c]1ccc(-c2[c-]cccc2)nc1.[Ir]. The number of nitrogens with zero attached hydrogens (tertiary/aromatic N) is 2. The first-order chi connectivity index (χ1) is 21.6. The molecule has 0 amide bonds. The maximum Gasteiger partial charge on any atom is 0 e. The Morgan fingerprint density at radius 1 is 0.739 bits per heavy atom. The molecule has 6 heteroatoms. The molecule has 0 fully saturated rings. The molecular weight excluding hydrogens is 808 g/mol. The van der Waals surface area contributed by atoms with Gasteiger partial charge < -0.3 is 9.40 Å². The van der Waals surface area contributed by atoms with Crippen molar-refractivity contribution in [2.45, 2.75) is 38.0 Å². The number of hydrogen-bond acceptors (Lipinski definition) is 3. The molecule has 46 heavy (non-hydrogen) atoms. The standard InChI is InChI=1S/C26H19FNO.C14H16GeN.Ir/c1-15-11-16(2)25(17(3)12-15)18-9-10-28-23(13-18)22-6-4-5-21-20-8-7-19(27)14-24(20)29-26(21)22;1-15(2,3)13-9-10-14(16-11-13)12-7-5-4-6-8-12;/h4-5,7-14H,1-3H3;4-7,9-11H,1-3H3;/q2*-1;. The van der Waals surface area contributed by atoms with Crippen LogP contribution in [0, 0.1) is 38.7 Å². The van der Waals surface area contributed by atoms with E-state index in [1.807, 2.05) is 54.9 Å². The first-order valence-electron chi connectivity index (χ1n) is 15.1. The molecule has 3 heterocycles. The molecule has 1 radical (unpaired) electrons. The van der Waals surface area contributed by atoms with Crippen molar-refractivity contribution in [3.05, 3.63) is 138 Å². The van der Waals surface area contributed by atoms with Gasteiger partial charge in [0.15, 0.2) is 0 Å². The van der Waals surface area contributed by atoms with E-state index in [2.05, 4.69) is 90.5 Å². The molecule has 0 unspecified atom stereocenters. The summed E-state index contributed by atoms with van der Waals surface area (Å²) >= 11 is -1.72. The molecule has 233 valence electrons. The zero-order valence-electron chi connectivity index (χ0n) is 26.8. The smallest absolute Gasteiger partial charge is 0 e. The fourth-order valence-corrected chi connectivity index (χ4v) is 7.99. The Balaban J connectivity index is 0.000000209. The van der Waals surface area contributed by atoms with Gasteiger partial charge >= 0.3 is 99.8 Å². The van der Waals surface area contributed by atoms with Gasteiger partial charge in [-0.25, -0.2) is 4.39 Å². The molecular formula is C40H35FGeIrN2O-2. The maximum absolute atomic E-state index is 13.7. The van der Waals surface area contributed by atoms with Crippen LogP contribution in [0.2, 0.25) is 17.3 Å². The largest absolute Gasteiger partial charge is 0 e. The van der Waals surface area contributed by atoms with Crippen LogP contribution >= 0.6 is 0 Å². The van der Waals surface area contributed by atoms with Gasteiger partial charge in [0, 0.05) is 37.8 Å². The summed E-state index contributed by atoms with van der Waals surface area (Å²) in [6.07, 6.45) is 3.86. The average Bonchev–Trinajstić information content (AvgIpc) is 3.39. The van der Waals surface area contributed by atoms with E-state index in [0.29, 0.717) is 11.2 Å². The van der Waals surface area contributed by atoms with Crippen LogP contribution in [0.4, 0.5) is 4.39 Å². The Bertz CT molecular complexity index is 2110. The zero-order chi connectivity index (χ0) is 31.7. The zero-order valence-corrected chi connectivity index (χ0v) is 31.3. The summed E-state index contributed by atoms with van der Waals surface area (Å²) in [7, 11) is 0. The second-order valence-electron chi connectivity index (χ2n) is 12.5. The molecule has 3 nitrogen and oxygen atoms in total. The first-order valence-corrected chi connectivity index (χ1v) is 22.4. The average molecular weight is 844 g/mol. The third-order valence-corrected chi connectivity index (χ3v) is 12.2. The second kappa shape index (κ2) is 13.8. The minimum Gasteiger partial charge on any atom is 0 e. The molecule has 3 aromatic heterocycles. The number of benzene rings is 4. The number of pyridine rings is 2. The van der Waals surface area contributed by atoms with E-state index in [9.17, 15) is 4.39 Å². The Hall–Kier alpha value is -3.90. The number of hydrogen-bond donors (Lipinski definition) is 0. The van der Waals surface area contributed by atoms with Crippen LogP contribution in [-0.2, 0) is 20.1 Å². The molecule has 0 spiro atoms. The number of furan rings is 1. The van der Waals surface area contributed by atoms with Crippen LogP contribution in [0.25, 0.3) is 55.6 Å². The molecule has 0 aliphatic heterocycles. The van der Waals surface area contributed by atoms with Gasteiger partial charge in [-0.1, -0.05) is 34.7 Å². The summed E-state index contributed by atoms with van der Waals surface area (Å²) in [5.41, 5.74) is 10.9. The van der Waals surface area contributed by atoms with Gasteiger partial charge in [0.2, 0.25) is 0 Å². The molecule has 4 aromatic carbocycles. The third kappa shape index (κ3) is 7.07. The van der Waals surface area contributed by atoms with E-state index < -0.39 is 13.3 Å². The minimum absolute atomic E-state index is 0. The Morgan fingerprint density at radius 3 is 2.20 bits per heavy atom. The second-order valence-corrected chi connectivity index (χ2v) is 23.2. The predicted molar refractivity (Wildman–Crippen MR) is 187 cm³/mol. The summed E-state index contributed by atoms with van der Waals surface area (Å²) in [4.78, 5) is 9.12. The topological polar surface area (TPSA) is 38.9 Å². The van der Waals surface area contributed by atoms with E-state index in [-0.39, 0.29) is 25.9 Å². The summed E-state index contributed by atoms with van der Waals surface area (Å²) in [6.45, 7) is 6.38. The Labute approximate surface area is 286 Å². The number of fused-ring (bicyclic) bond motifs is 3.